The van der Waals surface area contributed by atoms with Gasteiger partial charge in [-0.05, 0) is 36.3 Å². The van der Waals surface area contributed by atoms with Crippen LogP contribution < -0.4 is 51.1 Å². The predicted molar refractivity (Wildman–Crippen MR) is 167 cm³/mol. The molecular weight excluding hydrogens is 706 g/mol. The summed E-state index contributed by atoms with van der Waals surface area (Å²) in [5, 5.41) is 49.6. The number of carbonyl (C=O) groups is 4. The quantitative estimate of drug-likeness (QED) is 0.0302. The van der Waals surface area contributed by atoms with Gasteiger partial charge in [0.25, 0.3) is 17.7 Å². The van der Waals surface area contributed by atoms with Crippen molar-refractivity contribution in [3.8, 4) is 11.5 Å². The van der Waals surface area contributed by atoms with Gasteiger partial charge in [-0.3, -0.25) is 19.3 Å². The zero-order chi connectivity index (χ0) is 33.0. The summed E-state index contributed by atoms with van der Waals surface area (Å²) in [7, 11) is 0. The number of oxime groups is 1. The van der Waals surface area contributed by atoms with Gasteiger partial charge in [0, 0.05) is 16.9 Å². The summed E-state index contributed by atoms with van der Waals surface area (Å²) in [6, 6.07) is 2.83. The Morgan fingerprint density at radius 2 is 2.09 bits per heavy atom. The Kier molecular flexibility index (Phi) is 12.2. The molecule has 0 saturated carbocycles. The number of aromatic nitrogens is 3. The van der Waals surface area contributed by atoms with E-state index in [2.05, 4.69) is 36.2 Å². The Morgan fingerprint density at radius 3 is 2.74 bits per heavy atom. The summed E-state index contributed by atoms with van der Waals surface area (Å²) in [6.45, 7) is 1.34. The summed E-state index contributed by atoms with van der Waals surface area (Å²) < 4.78 is 0.642. The first-order valence-electron chi connectivity index (χ1n) is 12.9. The third-order valence-corrected chi connectivity index (χ3v) is 10.2. The van der Waals surface area contributed by atoms with E-state index in [9.17, 15) is 34.5 Å². The number of nitrogen functional groups attached to an aromatic ring is 1. The van der Waals surface area contributed by atoms with E-state index in [0.717, 1.165) is 16.2 Å². The van der Waals surface area contributed by atoms with Gasteiger partial charge in [-0.2, -0.15) is 5.10 Å². The number of carbonyl (C=O) groups excluding carboxylic acids is 4. The smallest absolute Gasteiger partial charge is 0.543 e. The average Bonchev–Trinajstić information content (AvgIpc) is 3.71. The number of hydrogen-bond donors (Lipinski definition) is 5. The third kappa shape index (κ3) is 8.41. The number of fused-ring (bicyclic) bond motifs is 1. The third-order valence-electron chi connectivity index (χ3n) is 6.28. The second kappa shape index (κ2) is 15.9. The van der Waals surface area contributed by atoms with Gasteiger partial charge in [-0.15, -0.1) is 33.3 Å². The number of nitrogens with one attached hydrogen (secondary N) is 2. The number of aliphatic carboxylic acids is 1. The molecule has 0 bridgehead atoms. The Hall–Kier alpha value is -3.73. The molecule has 3 aromatic rings. The van der Waals surface area contributed by atoms with Crippen LogP contribution in [0.25, 0.3) is 0 Å². The SMILES string of the molecule is CC(ON=C(C(=O)NC1C(=O)N2C(C(=O)[O-])=C(CSc3nncs3)CS[C@@H]12)c1csc(N)n1)C(=O)NN=Cc1ccc(O)c(O)c1.[Na+]. The number of carboxylic acids is 1. The number of phenols is 2. The van der Waals surface area contributed by atoms with Crippen molar-refractivity contribution < 1.29 is 68.9 Å². The first kappa shape index (κ1) is 36.1. The number of benzene rings is 1. The maximum Gasteiger partial charge on any atom is 1.00 e. The summed E-state index contributed by atoms with van der Waals surface area (Å²) in [5.41, 5.74) is 9.76. The minimum Gasteiger partial charge on any atom is -0.543 e. The van der Waals surface area contributed by atoms with Crippen LogP contribution in [0.1, 0.15) is 18.2 Å². The van der Waals surface area contributed by atoms with Gasteiger partial charge < -0.3 is 36.0 Å². The van der Waals surface area contributed by atoms with Crippen LogP contribution in [-0.2, 0) is 24.0 Å². The van der Waals surface area contributed by atoms with Gasteiger partial charge in [0.15, 0.2) is 26.7 Å². The molecule has 1 saturated heterocycles. The molecule has 3 amide bonds. The molecule has 0 radical (unpaired) electrons. The topological polar surface area (TPSA) is 258 Å². The number of nitrogens with zero attached hydrogens (tertiary/aromatic N) is 6. The molecule has 240 valence electrons. The fourth-order valence-corrected chi connectivity index (χ4v) is 7.55. The first-order chi connectivity index (χ1) is 22.0. The van der Waals surface area contributed by atoms with Gasteiger partial charge >= 0.3 is 29.6 Å². The zero-order valence-corrected chi connectivity index (χ0v) is 29.6. The molecule has 1 aromatic carbocycles. The fourth-order valence-electron chi connectivity index (χ4n) is 4.03. The standard InChI is InChI=1S/C25H23N9O8S4.Na/c1-10(19(37)31-27-5-11-2-3-14(35)15(36)4-11)42-33-16(13-8-44-24(26)29-13)20(38)30-17-21(39)34-18(23(40)41)12(6-43-22(17)34)7-45-25-32-28-9-46-25;/h2-5,8-10,17,22,35-36H,6-7H2,1H3,(H2,26,29)(H,30,38)(H,31,37)(H,40,41);/q;+1/p-1/t10?,17?,22-;/m0./s1. The van der Waals surface area contributed by atoms with E-state index in [1.165, 1.54) is 71.6 Å². The van der Waals surface area contributed by atoms with Crippen molar-refractivity contribution in [2.45, 2.75) is 28.8 Å². The maximum absolute atomic E-state index is 13.4. The number of phenolic OH excluding ortho intramolecular Hbond substituents is 2. The van der Waals surface area contributed by atoms with Gasteiger partial charge in [-0.25, -0.2) is 10.4 Å². The van der Waals surface area contributed by atoms with E-state index in [1.54, 1.807) is 5.51 Å². The number of nitrogens with two attached hydrogens (primary N) is 1. The number of anilines is 1. The van der Waals surface area contributed by atoms with Gasteiger partial charge in [0.1, 0.15) is 22.6 Å². The van der Waals surface area contributed by atoms with Crippen LogP contribution in [0.3, 0.4) is 0 Å². The molecule has 4 heterocycles. The Labute approximate surface area is 304 Å². The number of aromatic hydroxyl groups is 2. The van der Waals surface area contributed by atoms with Crippen molar-refractivity contribution in [2.75, 3.05) is 17.2 Å². The predicted octanol–water partition coefficient (Wildman–Crippen LogP) is -3.55. The first-order valence-corrected chi connectivity index (χ1v) is 16.7. The van der Waals surface area contributed by atoms with Gasteiger partial charge in [-0.1, -0.05) is 28.3 Å². The van der Waals surface area contributed by atoms with Crippen molar-refractivity contribution in [1.82, 2.24) is 30.8 Å². The molecule has 6 N–H and O–H groups in total. The minimum absolute atomic E-state index is 0. The minimum atomic E-state index is -1.51. The van der Waals surface area contributed by atoms with Crippen LogP contribution >= 0.6 is 46.2 Å². The van der Waals surface area contributed by atoms with Crippen LogP contribution in [0.15, 0.2) is 55.0 Å². The summed E-state index contributed by atoms with van der Waals surface area (Å²) in [5.74, 6) is -3.95. The van der Waals surface area contributed by atoms with E-state index in [0.29, 0.717) is 15.5 Å². The van der Waals surface area contributed by atoms with E-state index in [1.807, 2.05) is 0 Å². The summed E-state index contributed by atoms with van der Waals surface area (Å²) >= 11 is 4.88. The van der Waals surface area contributed by atoms with Crippen molar-refractivity contribution in [3.05, 3.63) is 51.6 Å². The average molecular weight is 728 g/mol. The van der Waals surface area contributed by atoms with E-state index >= 15 is 0 Å². The van der Waals surface area contributed by atoms with Crippen LogP contribution in [0.5, 0.6) is 11.5 Å². The molecule has 17 nitrogen and oxygen atoms in total. The molecule has 47 heavy (non-hydrogen) atoms. The maximum atomic E-state index is 13.4. The van der Waals surface area contributed by atoms with Gasteiger partial charge in [0.2, 0.25) is 6.10 Å². The second-order valence-corrected chi connectivity index (χ2v) is 13.4. The Morgan fingerprint density at radius 1 is 1.30 bits per heavy atom. The fraction of sp³-hybridized carbons (Fsp3) is 0.240. The van der Waals surface area contributed by atoms with Crippen molar-refractivity contribution in [2.24, 2.45) is 10.3 Å². The molecule has 0 spiro atoms. The molecule has 1 fully saturated rings. The molecule has 2 unspecified atom stereocenters. The second-order valence-electron chi connectivity index (χ2n) is 9.33. The number of thioether (sulfide) groups is 2. The molecule has 2 aliphatic rings. The van der Waals surface area contributed by atoms with Crippen LogP contribution in [0, 0.1) is 0 Å². The van der Waals surface area contributed by atoms with E-state index < -0.39 is 41.2 Å². The molecule has 0 aliphatic carbocycles. The van der Waals surface area contributed by atoms with E-state index in [-0.39, 0.29) is 74.8 Å². The van der Waals surface area contributed by atoms with Crippen LogP contribution in [-0.4, -0.2) is 94.9 Å². The molecule has 3 atom stereocenters. The molecule has 22 heteroatoms. The Balaban J connectivity index is 0.00000500. The number of hydrogen-bond acceptors (Lipinski definition) is 18. The van der Waals surface area contributed by atoms with Crippen LogP contribution in [0.2, 0.25) is 0 Å². The Bertz CT molecular complexity index is 1770. The van der Waals surface area contributed by atoms with Crippen LogP contribution in [0.4, 0.5) is 5.13 Å². The number of hydrazone groups is 1. The molecule has 5 rings (SSSR count). The monoisotopic (exact) mass is 727 g/mol. The normalized spacial score (nSPS) is 18.2. The van der Waals surface area contributed by atoms with Gasteiger partial charge in [0.05, 0.1) is 17.9 Å². The number of thiazole rings is 1. The summed E-state index contributed by atoms with van der Waals surface area (Å²) in [6.07, 6.45) is -0.0426. The van der Waals surface area contributed by atoms with Crippen molar-refractivity contribution in [1.29, 1.82) is 0 Å². The number of carboxylic acid groups (broad SMARTS) is 1. The number of rotatable bonds is 12. The molecular formula is C25H22N9NaO8S4. The summed E-state index contributed by atoms with van der Waals surface area (Å²) in [4.78, 5) is 61.4. The largest absolute Gasteiger partial charge is 1.00 e. The van der Waals surface area contributed by atoms with Crippen molar-refractivity contribution in [3.63, 3.8) is 0 Å². The molecule has 2 aromatic heterocycles. The molecule has 2 aliphatic heterocycles. The number of amides is 3. The van der Waals surface area contributed by atoms with E-state index in [4.69, 9.17) is 10.6 Å². The van der Waals surface area contributed by atoms with Crippen molar-refractivity contribution >= 4 is 86.9 Å². The zero-order valence-electron chi connectivity index (χ0n) is 24.3. The number of β-lactam (4-membered cyclic amide) rings is 1.